The van der Waals surface area contributed by atoms with Crippen molar-refractivity contribution in [3.63, 3.8) is 0 Å². The molecule has 0 aromatic heterocycles. The van der Waals surface area contributed by atoms with E-state index >= 15 is 0 Å². The number of methoxy groups -OCH3 is 3. The smallest absolute Gasteiger partial charge is 0.328 e. The number of amides is 1. The van der Waals surface area contributed by atoms with Gasteiger partial charge < -0.3 is 28.9 Å². The van der Waals surface area contributed by atoms with E-state index in [-0.39, 0.29) is 17.4 Å². The zero-order chi connectivity index (χ0) is 24.4. The van der Waals surface area contributed by atoms with Crippen LogP contribution in [0.1, 0.15) is 27.2 Å². The molecule has 0 aromatic rings. The molecule has 2 heterocycles. The average Bonchev–Trinajstić information content (AvgIpc) is 3.13. The minimum absolute atomic E-state index is 0.109. The van der Waals surface area contributed by atoms with Crippen molar-refractivity contribution in [2.24, 2.45) is 5.92 Å². The third kappa shape index (κ3) is 4.78. The van der Waals surface area contributed by atoms with E-state index < -0.39 is 56.5 Å². The van der Waals surface area contributed by atoms with Gasteiger partial charge in [-0.05, 0) is 24.6 Å². The lowest BCUT2D eigenvalue weighted by atomic mass is 9.85. The molecule has 0 aromatic carbocycles. The number of carbonyl (C=O) groups excluding carboxylic acids is 3. The first-order valence-electron chi connectivity index (χ1n) is 10.9. The molecule has 2 aliphatic rings. The predicted octanol–water partition coefficient (Wildman–Crippen LogP) is 1.48. The van der Waals surface area contributed by atoms with Gasteiger partial charge in [0, 0.05) is 13.7 Å². The highest BCUT2D eigenvalue weighted by Crippen LogP contribution is 2.44. The van der Waals surface area contributed by atoms with Crippen molar-refractivity contribution < 1.29 is 33.0 Å². The van der Waals surface area contributed by atoms with Crippen molar-refractivity contribution in [2.45, 2.75) is 75.7 Å². The summed E-state index contributed by atoms with van der Waals surface area (Å²) in [5, 5.41) is 3.19. The highest BCUT2D eigenvalue weighted by Gasteiger charge is 2.62. The first kappa shape index (κ1) is 26.5. The van der Waals surface area contributed by atoms with E-state index in [0.29, 0.717) is 6.54 Å². The molecule has 1 N–H and O–H groups in total. The molecule has 0 radical (unpaired) electrons. The zero-order valence-corrected chi connectivity index (χ0v) is 21.5. The van der Waals surface area contributed by atoms with Gasteiger partial charge in [-0.15, -0.1) is 6.58 Å². The van der Waals surface area contributed by atoms with E-state index in [2.05, 4.69) is 45.8 Å². The van der Waals surface area contributed by atoms with Crippen LogP contribution in [0.15, 0.2) is 12.7 Å². The molecule has 0 unspecified atom stereocenters. The van der Waals surface area contributed by atoms with Crippen molar-refractivity contribution in [2.75, 3.05) is 27.9 Å². The van der Waals surface area contributed by atoms with Crippen LogP contribution in [0, 0.1) is 5.92 Å². The summed E-state index contributed by atoms with van der Waals surface area (Å²) in [6, 6.07) is -2.14. The maximum atomic E-state index is 13.5. The Balaban J connectivity index is 2.65. The predicted molar refractivity (Wildman–Crippen MR) is 121 cm³/mol. The number of hydrogen-bond donors (Lipinski definition) is 1. The second-order valence-electron chi connectivity index (χ2n) is 9.86. The lowest BCUT2D eigenvalue weighted by Crippen LogP contribution is -2.72. The molecule has 0 aliphatic carbocycles. The van der Waals surface area contributed by atoms with E-state index in [0.717, 1.165) is 0 Å². The maximum Gasteiger partial charge on any atom is 0.328 e. The summed E-state index contributed by atoms with van der Waals surface area (Å²) in [6.07, 6.45) is 0.302. The molecule has 0 spiro atoms. The van der Waals surface area contributed by atoms with E-state index in [9.17, 15) is 14.4 Å². The number of fused-ring (bicyclic) bond motifs is 1. The number of piperidine rings is 1. The summed E-state index contributed by atoms with van der Waals surface area (Å²) in [6.45, 7) is 14.8. The molecule has 10 heteroatoms. The van der Waals surface area contributed by atoms with Gasteiger partial charge in [-0.1, -0.05) is 26.8 Å². The van der Waals surface area contributed by atoms with Crippen molar-refractivity contribution in [1.82, 2.24) is 10.2 Å². The molecule has 9 nitrogen and oxygen atoms in total. The summed E-state index contributed by atoms with van der Waals surface area (Å²) in [5.74, 6) is -2.17. The summed E-state index contributed by atoms with van der Waals surface area (Å²) < 4.78 is 22.5. The molecule has 2 fully saturated rings. The molecule has 32 heavy (non-hydrogen) atoms. The minimum atomic E-state index is -2.36. The summed E-state index contributed by atoms with van der Waals surface area (Å²) in [4.78, 5) is 40.4. The summed E-state index contributed by atoms with van der Waals surface area (Å²) in [7, 11) is 1.67. The van der Waals surface area contributed by atoms with E-state index in [1.54, 1.807) is 6.08 Å². The molecule has 0 bridgehead atoms. The average molecular weight is 471 g/mol. The molecular formula is C22H38N2O7Si. The number of esters is 2. The highest BCUT2D eigenvalue weighted by molar-refractivity contribution is 6.74. The third-order valence-electron chi connectivity index (χ3n) is 7.03. The molecule has 2 aliphatic heterocycles. The SMILES string of the molecule is C=CCN[C@H]1[C@H](O[Si](C)(C)C(C)(C)C)[C@H]2[C@@H](C(=O)OC)C[C@@H](C(=O)OC)N2C(=O)[C@@H]1OC. The van der Waals surface area contributed by atoms with Crippen molar-refractivity contribution in [1.29, 1.82) is 0 Å². The van der Waals surface area contributed by atoms with Crippen LogP contribution in [0.25, 0.3) is 0 Å². The number of carbonyl (C=O) groups is 3. The molecule has 0 saturated carbocycles. The van der Waals surface area contributed by atoms with Crippen LogP contribution >= 0.6 is 0 Å². The van der Waals surface area contributed by atoms with Gasteiger partial charge in [0.25, 0.3) is 5.91 Å². The standard InChI is InChI=1S/C22H38N2O7Si/c1-10-11-23-15-17(31-32(8,9)22(2,3)4)16-13(20(26)29-6)12-14(21(27)30-7)24(16)19(25)18(15)28-5/h10,13-18,23H,1,11-12H2,2-9H3/t13-,14-,15-,16+,17-,18+/m0/s1. The Morgan fingerprint density at radius 2 is 1.78 bits per heavy atom. The van der Waals surface area contributed by atoms with Gasteiger partial charge in [0.15, 0.2) is 14.4 Å². The Morgan fingerprint density at radius 3 is 2.25 bits per heavy atom. The van der Waals surface area contributed by atoms with E-state index in [4.69, 9.17) is 18.6 Å². The summed E-state index contributed by atoms with van der Waals surface area (Å²) >= 11 is 0. The Morgan fingerprint density at radius 1 is 1.19 bits per heavy atom. The van der Waals surface area contributed by atoms with Crippen molar-refractivity contribution >= 4 is 26.2 Å². The van der Waals surface area contributed by atoms with Crippen LogP contribution in [0.2, 0.25) is 18.1 Å². The largest absolute Gasteiger partial charge is 0.469 e. The second-order valence-corrected chi connectivity index (χ2v) is 14.6. The van der Waals surface area contributed by atoms with Gasteiger partial charge in [-0.2, -0.15) is 0 Å². The normalized spacial score (nSPS) is 30.6. The van der Waals surface area contributed by atoms with Gasteiger partial charge in [0.2, 0.25) is 0 Å². The second kappa shape index (κ2) is 10.0. The third-order valence-corrected chi connectivity index (χ3v) is 11.5. The number of nitrogens with zero attached hydrogens (tertiary/aromatic N) is 1. The minimum Gasteiger partial charge on any atom is -0.469 e. The van der Waals surface area contributed by atoms with Gasteiger partial charge in [-0.3, -0.25) is 9.59 Å². The first-order chi connectivity index (χ1) is 14.9. The van der Waals surface area contributed by atoms with Crippen LogP contribution in [-0.2, 0) is 33.0 Å². The van der Waals surface area contributed by atoms with Crippen molar-refractivity contribution in [3.8, 4) is 0 Å². The van der Waals surface area contributed by atoms with Gasteiger partial charge >= 0.3 is 11.9 Å². The number of rotatable bonds is 8. The summed E-state index contributed by atoms with van der Waals surface area (Å²) in [5.41, 5.74) is 0. The van der Waals surface area contributed by atoms with Crippen LogP contribution in [-0.4, -0.2) is 89.3 Å². The number of ether oxygens (including phenoxy) is 3. The highest BCUT2D eigenvalue weighted by atomic mass is 28.4. The topological polar surface area (TPSA) is 103 Å². The van der Waals surface area contributed by atoms with E-state index in [1.807, 2.05) is 0 Å². The fourth-order valence-electron chi connectivity index (χ4n) is 4.35. The lowest BCUT2D eigenvalue weighted by molar-refractivity contribution is -0.171. The molecular weight excluding hydrogens is 432 g/mol. The fraction of sp³-hybridized carbons (Fsp3) is 0.773. The van der Waals surface area contributed by atoms with E-state index in [1.165, 1.54) is 26.2 Å². The van der Waals surface area contributed by atoms with Crippen LogP contribution in [0.3, 0.4) is 0 Å². The van der Waals surface area contributed by atoms with Gasteiger partial charge in [-0.25, -0.2) is 4.79 Å². The maximum absolute atomic E-state index is 13.5. The first-order valence-corrected chi connectivity index (χ1v) is 13.8. The quantitative estimate of drug-likeness (QED) is 0.323. The zero-order valence-electron chi connectivity index (χ0n) is 20.5. The van der Waals surface area contributed by atoms with Crippen molar-refractivity contribution in [3.05, 3.63) is 12.7 Å². The fourth-order valence-corrected chi connectivity index (χ4v) is 5.67. The molecule has 2 saturated heterocycles. The Labute approximate surface area is 191 Å². The molecule has 6 atom stereocenters. The van der Waals surface area contributed by atoms with Crippen LogP contribution in [0.5, 0.6) is 0 Å². The van der Waals surface area contributed by atoms with Gasteiger partial charge in [0.05, 0.1) is 38.3 Å². The Bertz CT molecular complexity index is 736. The number of hydrogen-bond acceptors (Lipinski definition) is 8. The van der Waals surface area contributed by atoms with Gasteiger partial charge in [0.1, 0.15) is 6.04 Å². The van der Waals surface area contributed by atoms with Crippen LogP contribution in [0.4, 0.5) is 0 Å². The Hall–Kier alpha value is -1.75. The molecule has 2 rings (SSSR count). The molecule has 182 valence electrons. The Kier molecular flexibility index (Phi) is 8.30. The number of nitrogens with one attached hydrogen (secondary N) is 1. The van der Waals surface area contributed by atoms with Crippen LogP contribution < -0.4 is 5.32 Å². The molecule has 1 amide bonds. The monoisotopic (exact) mass is 470 g/mol. The lowest BCUT2D eigenvalue weighted by Gasteiger charge is -2.51.